The van der Waals surface area contributed by atoms with E-state index in [0.29, 0.717) is 11.7 Å². The Morgan fingerprint density at radius 1 is 1.09 bits per heavy atom. The fourth-order valence-corrected chi connectivity index (χ4v) is 2.87. The molecule has 2 aromatic carbocycles. The minimum atomic E-state index is -0.447. The van der Waals surface area contributed by atoms with E-state index in [1.165, 1.54) is 0 Å². The number of para-hydroxylation sites is 1. The SMILES string of the molecule is CCOc1ccc(C2(C)NC(=S)N(c3ccccc3)N2)cc1. The molecule has 0 radical (unpaired) electrons. The molecule has 5 heteroatoms. The van der Waals surface area contributed by atoms with Gasteiger partial charge in [0.15, 0.2) is 5.11 Å². The summed E-state index contributed by atoms with van der Waals surface area (Å²) >= 11 is 5.47. The zero-order chi connectivity index (χ0) is 15.6. The summed E-state index contributed by atoms with van der Waals surface area (Å²) in [5, 5.41) is 5.90. The summed E-state index contributed by atoms with van der Waals surface area (Å²) in [6, 6.07) is 18.0. The van der Waals surface area contributed by atoms with Crippen LogP contribution in [0.3, 0.4) is 0 Å². The maximum absolute atomic E-state index is 5.49. The molecule has 22 heavy (non-hydrogen) atoms. The Morgan fingerprint density at radius 3 is 2.41 bits per heavy atom. The largest absolute Gasteiger partial charge is 0.494 e. The van der Waals surface area contributed by atoms with Crippen LogP contribution < -0.4 is 20.5 Å². The Bertz CT molecular complexity index is 659. The molecule has 0 bridgehead atoms. The lowest BCUT2D eigenvalue weighted by Crippen LogP contribution is -2.45. The van der Waals surface area contributed by atoms with Crippen LogP contribution >= 0.6 is 12.2 Å². The maximum Gasteiger partial charge on any atom is 0.190 e. The first-order valence-corrected chi connectivity index (χ1v) is 7.72. The fourth-order valence-electron chi connectivity index (χ4n) is 2.52. The molecule has 4 nitrogen and oxygen atoms in total. The first-order chi connectivity index (χ1) is 10.6. The Balaban J connectivity index is 1.83. The summed E-state index contributed by atoms with van der Waals surface area (Å²) < 4.78 is 5.49. The number of nitrogens with zero attached hydrogens (tertiary/aromatic N) is 1. The molecule has 0 spiro atoms. The van der Waals surface area contributed by atoms with Gasteiger partial charge in [-0.15, -0.1) is 0 Å². The van der Waals surface area contributed by atoms with Gasteiger partial charge in [0, 0.05) is 0 Å². The average Bonchev–Trinajstić information content (AvgIpc) is 2.85. The number of ether oxygens (including phenoxy) is 1. The van der Waals surface area contributed by atoms with Gasteiger partial charge in [0.1, 0.15) is 11.4 Å². The molecule has 0 saturated carbocycles. The molecule has 1 atom stereocenters. The van der Waals surface area contributed by atoms with Crippen molar-refractivity contribution in [3.8, 4) is 5.75 Å². The third-order valence-electron chi connectivity index (χ3n) is 3.65. The summed E-state index contributed by atoms with van der Waals surface area (Å²) in [4.78, 5) is 0. The Hall–Kier alpha value is -2.11. The molecule has 114 valence electrons. The van der Waals surface area contributed by atoms with Crippen molar-refractivity contribution < 1.29 is 4.74 Å². The minimum Gasteiger partial charge on any atom is -0.494 e. The smallest absolute Gasteiger partial charge is 0.190 e. The molecule has 0 aliphatic carbocycles. The maximum atomic E-state index is 5.49. The van der Waals surface area contributed by atoms with E-state index in [2.05, 4.69) is 17.7 Å². The van der Waals surface area contributed by atoms with Gasteiger partial charge < -0.3 is 10.1 Å². The van der Waals surface area contributed by atoms with Crippen molar-refractivity contribution in [1.82, 2.24) is 10.7 Å². The van der Waals surface area contributed by atoms with Crippen LogP contribution in [0.4, 0.5) is 5.69 Å². The predicted octanol–water partition coefficient (Wildman–Crippen LogP) is 3.16. The van der Waals surface area contributed by atoms with Crippen molar-refractivity contribution in [1.29, 1.82) is 0 Å². The summed E-state index contributed by atoms with van der Waals surface area (Å²) in [6.45, 7) is 4.71. The molecule has 1 unspecified atom stereocenters. The Morgan fingerprint density at radius 2 is 1.77 bits per heavy atom. The number of anilines is 1. The standard InChI is InChI=1S/C17H19N3OS/c1-3-21-15-11-9-13(10-12-15)17(2)18-16(22)20(19-17)14-7-5-4-6-8-14/h4-12,19H,3H2,1-2H3,(H,18,22). The van der Waals surface area contributed by atoms with Crippen molar-refractivity contribution in [2.45, 2.75) is 19.5 Å². The predicted molar refractivity (Wildman–Crippen MR) is 92.8 cm³/mol. The second kappa shape index (κ2) is 5.94. The van der Waals surface area contributed by atoms with Gasteiger partial charge in [-0.25, -0.2) is 5.01 Å². The van der Waals surface area contributed by atoms with Crippen LogP contribution in [0.15, 0.2) is 54.6 Å². The second-order valence-corrected chi connectivity index (χ2v) is 5.68. The van der Waals surface area contributed by atoms with Crippen LogP contribution in [0.2, 0.25) is 0 Å². The van der Waals surface area contributed by atoms with Gasteiger partial charge in [-0.2, -0.15) is 5.43 Å². The lowest BCUT2D eigenvalue weighted by atomic mass is 10.0. The summed E-state index contributed by atoms with van der Waals surface area (Å²) in [5.41, 5.74) is 5.10. The van der Waals surface area contributed by atoms with Gasteiger partial charge in [0.25, 0.3) is 0 Å². The second-order valence-electron chi connectivity index (χ2n) is 5.30. The number of nitrogens with one attached hydrogen (secondary N) is 2. The van der Waals surface area contributed by atoms with E-state index in [0.717, 1.165) is 17.0 Å². The van der Waals surface area contributed by atoms with Crippen LogP contribution in [0.5, 0.6) is 5.75 Å². The van der Waals surface area contributed by atoms with Crippen molar-refractivity contribution in [3.63, 3.8) is 0 Å². The average molecular weight is 313 g/mol. The van der Waals surface area contributed by atoms with Crippen molar-refractivity contribution in [3.05, 3.63) is 60.2 Å². The highest BCUT2D eigenvalue weighted by Gasteiger charge is 2.37. The third kappa shape index (κ3) is 2.77. The number of hydrogen-bond donors (Lipinski definition) is 2. The van der Waals surface area contributed by atoms with Gasteiger partial charge in [0.05, 0.1) is 12.3 Å². The zero-order valence-corrected chi connectivity index (χ0v) is 13.5. The monoisotopic (exact) mass is 313 g/mol. The van der Waals surface area contributed by atoms with Gasteiger partial charge in [-0.05, 0) is 55.9 Å². The normalized spacial score (nSPS) is 20.8. The summed E-state index contributed by atoms with van der Waals surface area (Å²) in [6.07, 6.45) is 0. The van der Waals surface area contributed by atoms with E-state index in [-0.39, 0.29) is 0 Å². The van der Waals surface area contributed by atoms with E-state index in [9.17, 15) is 0 Å². The molecule has 1 fully saturated rings. The molecule has 1 heterocycles. The number of rotatable bonds is 4. The number of hydrazine groups is 1. The highest BCUT2D eigenvalue weighted by atomic mass is 32.1. The summed E-state index contributed by atoms with van der Waals surface area (Å²) in [7, 11) is 0. The molecule has 1 saturated heterocycles. The lowest BCUT2D eigenvalue weighted by Gasteiger charge is -2.26. The molecule has 0 amide bonds. The van der Waals surface area contributed by atoms with Crippen LogP contribution in [0, 0.1) is 0 Å². The van der Waals surface area contributed by atoms with Gasteiger partial charge in [-0.1, -0.05) is 30.3 Å². The first kappa shape index (κ1) is 14.8. The highest BCUT2D eigenvalue weighted by molar-refractivity contribution is 7.80. The van der Waals surface area contributed by atoms with E-state index in [1.807, 2.05) is 66.5 Å². The molecular formula is C17H19N3OS. The van der Waals surface area contributed by atoms with Crippen LogP contribution in [0.25, 0.3) is 0 Å². The third-order valence-corrected chi connectivity index (χ3v) is 3.94. The van der Waals surface area contributed by atoms with Gasteiger partial charge in [0.2, 0.25) is 0 Å². The molecular weight excluding hydrogens is 294 g/mol. The van der Waals surface area contributed by atoms with E-state index >= 15 is 0 Å². The quantitative estimate of drug-likeness (QED) is 0.848. The van der Waals surface area contributed by atoms with Crippen LogP contribution in [0.1, 0.15) is 19.4 Å². The van der Waals surface area contributed by atoms with Gasteiger partial charge >= 0.3 is 0 Å². The van der Waals surface area contributed by atoms with E-state index < -0.39 is 5.66 Å². The fraction of sp³-hybridized carbons (Fsp3) is 0.235. The lowest BCUT2D eigenvalue weighted by molar-refractivity contribution is 0.339. The topological polar surface area (TPSA) is 36.5 Å². The highest BCUT2D eigenvalue weighted by Crippen LogP contribution is 2.27. The van der Waals surface area contributed by atoms with E-state index in [1.54, 1.807) is 0 Å². The number of thiocarbonyl (C=S) groups is 1. The first-order valence-electron chi connectivity index (χ1n) is 7.31. The van der Waals surface area contributed by atoms with Crippen LogP contribution in [-0.2, 0) is 5.66 Å². The van der Waals surface area contributed by atoms with Crippen molar-refractivity contribution in [2.75, 3.05) is 11.6 Å². The van der Waals surface area contributed by atoms with Crippen molar-refractivity contribution in [2.24, 2.45) is 0 Å². The Kier molecular flexibility index (Phi) is 4.00. The minimum absolute atomic E-state index is 0.447. The van der Waals surface area contributed by atoms with Crippen molar-refractivity contribution >= 4 is 23.0 Å². The number of benzene rings is 2. The zero-order valence-electron chi connectivity index (χ0n) is 12.7. The van der Waals surface area contributed by atoms with Crippen LogP contribution in [-0.4, -0.2) is 11.7 Å². The van der Waals surface area contributed by atoms with E-state index in [4.69, 9.17) is 17.0 Å². The molecule has 1 aliphatic rings. The van der Waals surface area contributed by atoms with Gasteiger partial charge in [-0.3, -0.25) is 0 Å². The summed E-state index contributed by atoms with van der Waals surface area (Å²) in [5.74, 6) is 0.871. The molecule has 2 N–H and O–H groups in total. The molecule has 3 rings (SSSR count). The Labute approximate surface area is 136 Å². The number of hydrogen-bond acceptors (Lipinski definition) is 3. The molecule has 0 aromatic heterocycles. The molecule has 2 aromatic rings. The molecule has 1 aliphatic heterocycles.